The van der Waals surface area contributed by atoms with Crippen LogP contribution in [-0.2, 0) is 17.6 Å². The first-order valence-corrected chi connectivity index (χ1v) is 5.95. The van der Waals surface area contributed by atoms with Gasteiger partial charge in [0.1, 0.15) is 5.00 Å². The van der Waals surface area contributed by atoms with E-state index in [1.807, 2.05) is 29.6 Å². The molecule has 1 heterocycles. The van der Waals surface area contributed by atoms with Gasteiger partial charge in [-0.1, -0.05) is 30.3 Å². The Hall–Kier alpha value is -1.70. The molecule has 0 aliphatic carbocycles. The lowest BCUT2D eigenvalue weighted by Crippen LogP contribution is -1.88. The number of hydrogen-bond donors (Lipinski definition) is 0. The van der Waals surface area contributed by atoms with E-state index in [4.69, 9.17) is 0 Å². The third kappa shape index (κ3) is 2.89. The molecule has 0 N–H and O–H groups in total. The Morgan fingerprint density at radius 3 is 2.62 bits per heavy atom. The molecular formula is C13H11NOS. The Bertz CT molecular complexity index is 498. The van der Waals surface area contributed by atoms with Gasteiger partial charge in [-0.2, -0.15) is 4.99 Å². The molecular weight excluding hydrogens is 218 g/mol. The number of aliphatic imine (C=N–C) groups is 1. The van der Waals surface area contributed by atoms with Crippen molar-refractivity contribution >= 4 is 22.4 Å². The Balaban J connectivity index is 1.97. The Morgan fingerprint density at radius 2 is 1.88 bits per heavy atom. The van der Waals surface area contributed by atoms with Crippen molar-refractivity contribution in [3.63, 3.8) is 0 Å². The van der Waals surface area contributed by atoms with E-state index in [0.717, 1.165) is 17.8 Å². The van der Waals surface area contributed by atoms with Crippen molar-refractivity contribution in [1.29, 1.82) is 0 Å². The minimum atomic E-state index is 0.734. The fourth-order valence-electron chi connectivity index (χ4n) is 1.53. The molecule has 2 nitrogen and oxygen atoms in total. The zero-order valence-electron chi connectivity index (χ0n) is 8.72. The highest BCUT2D eigenvalue weighted by Crippen LogP contribution is 2.23. The highest BCUT2D eigenvalue weighted by Gasteiger charge is 1.99. The largest absolute Gasteiger partial charge is 0.241 e. The highest BCUT2D eigenvalue weighted by molar-refractivity contribution is 7.14. The average molecular weight is 229 g/mol. The van der Waals surface area contributed by atoms with Crippen LogP contribution in [-0.4, -0.2) is 6.08 Å². The lowest BCUT2D eigenvalue weighted by molar-refractivity contribution is 0.565. The van der Waals surface area contributed by atoms with Gasteiger partial charge >= 0.3 is 0 Å². The first-order chi connectivity index (χ1) is 7.88. The quantitative estimate of drug-likeness (QED) is 0.582. The summed E-state index contributed by atoms with van der Waals surface area (Å²) in [5.41, 5.74) is 2.55. The van der Waals surface area contributed by atoms with Gasteiger partial charge < -0.3 is 0 Å². The number of rotatable bonds is 4. The maximum Gasteiger partial charge on any atom is 0.241 e. The second-order valence-corrected chi connectivity index (χ2v) is 4.37. The zero-order valence-corrected chi connectivity index (χ0v) is 9.54. The van der Waals surface area contributed by atoms with Crippen LogP contribution in [0.3, 0.4) is 0 Å². The predicted molar refractivity (Wildman–Crippen MR) is 66.0 cm³/mol. The minimum absolute atomic E-state index is 0.734. The number of nitrogens with zero attached hydrogens (tertiary/aromatic N) is 1. The van der Waals surface area contributed by atoms with E-state index in [0.29, 0.717) is 0 Å². The van der Waals surface area contributed by atoms with E-state index in [1.165, 1.54) is 22.5 Å². The SMILES string of the molecule is O=C=Nc1cc(CCc2ccccc2)cs1. The van der Waals surface area contributed by atoms with Crippen molar-refractivity contribution in [2.45, 2.75) is 12.8 Å². The lowest BCUT2D eigenvalue weighted by atomic mass is 10.1. The predicted octanol–water partition coefficient (Wildman–Crippen LogP) is 3.50. The molecule has 1 aromatic carbocycles. The van der Waals surface area contributed by atoms with Crippen LogP contribution in [0.5, 0.6) is 0 Å². The topological polar surface area (TPSA) is 29.4 Å². The fraction of sp³-hybridized carbons (Fsp3) is 0.154. The first-order valence-electron chi connectivity index (χ1n) is 5.07. The normalized spacial score (nSPS) is 9.75. The summed E-state index contributed by atoms with van der Waals surface area (Å²) in [7, 11) is 0. The summed E-state index contributed by atoms with van der Waals surface area (Å²) in [5, 5.41) is 2.78. The molecule has 0 aliphatic heterocycles. The number of hydrogen-bond acceptors (Lipinski definition) is 3. The third-order valence-corrected chi connectivity index (χ3v) is 3.21. The smallest absolute Gasteiger partial charge is 0.211 e. The third-order valence-electron chi connectivity index (χ3n) is 2.34. The summed E-state index contributed by atoms with van der Waals surface area (Å²) < 4.78 is 0. The van der Waals surface area contributed by atoms with Crippen LogP contribution in [0.1, 0.15) is 11.1 Å². The van der Waals surface area contributed by atoms with Gasteiger partial charge in [-0.3, -0.25) is 0 Å². The van der Waals surface area contributed by atoms with Crippen LogP contribution >= 0.6 is 11.3 Å². The number of thiophene rings is 1. The maximum absolute atomic E-state index is 10.1. The molecule has 80 valence electrons. The summed E-state index contributed by atoms with van der Waals surface area (Å²) in [5.74, 6) is 0. The van der Waals surface area contributed by atoms with Crippen LogP contribution < -0.4 is 0 Å². The van der Waals surface area contributed by atoms with Gasteiger partial charge in [-0.05, 0) is 35.4 Å². The van der Waals surface area contributed by atoms with Gasteiger partial charge in [0.05, 0.1) is 0 Å². The standard InChI is InChI=1S/C13H11NOS/c15-10-14-13-8-12(9-16-13)7-6-11-4-2-1-3-5-11/h1-5,8-9H,6-7H2. The molecule has 2 aromatic rings. The molecule has 0 bridgehead atoms. The number of benzene rings is 1. The highest BCUT2D eigenvalue weighted by atomic mass is 32.1. The Morgan fingerprint density at radius 1 is 1.12 bits per heavy atom. The number of isocyanates is 1. The van der Waals surface area contributed by atoms with Gasteiger partial charge in [0.15, 0.2) is 0 Å². The first kappa shape index (κ1) is 10.8. The molecule has 3 heteroatoms. The van der Waals surface area contributed by atoms with Gasteiger partial charge in [0, 0.05) is 0 Å². The summed E-state index contributed by atoms with van der Waals surface area (Å²) in [6.07, 6.45) is 3.55. The minimum Gasteiger partial charge on any atom is -0.211 e. The molecule has 16 heavy (non-hydrogen) atoms. The van der Waals surface area contributed by atoms with Crippen LogP contribution in [0.4, 0.5) is 5.00 Å². The Labute approximate surface area is 98.3 Å². The fourth-order valence-corrected chi connectivity index (χ4v) is 2.30. The summed E-state index contributed by atoms with van der Waals surface area (Å²) in [6.45, 7) is 0. The molecule has 0 fully saturated rings. The van der Waals surface area contributed by atoms with E-state index in [9.17, 15) is 4.79 Å². The number of carbonyl (C=O) groups excluding carboxylic acids is 1. The molecule has 0 saturated heterocycles. The van der Waals surface area contributed by atoms with Gasteiger partial charge in [0.25, 0.3) is 0 Å². The van der Waals surface area contributed by atoms with Crippen molar-refractivity contribution in [2.75, 3.05) is 0 Å². The summed E-state index contributed by atoms with van der Waals surface area (Å²) in [4.78, 5) is 13.7. The summed E-state index contributed by atoms with van der Waals surface area (Å²) in [6, 6.07) is 12.3. The average Bonchev–Trinajstić information content (AvgIpc) is 2.76. The van der Waals surface area contributed by atoms with Crippen LogP contribution in [0.2, 0.25) is 0 Å². The van der Waals surface area contributed by atoms with Crippen LogP contribution in [0, 0.1) is 0 Å². The second-order valence-electron chi connectivity index (χ2n) is 3.48. The molecule has 2 rings (SSSR count). The van der Waals surface area contributed by atoms with E-state index in [1.54, 1.807) is 6.08 Å². The summed E-state index contributed by atoms with van der Waals surface area (Å²) >= 11 is 1.48. The van der Waals surface area contributed by atoms with Crippen molar-refractivity contribution in [1.82, 2.24) is 0 Å². The monoisotopic (exact) mass is 229 g/mol. The van der Waals surface area contributed by atoms with Crippen molar-refractivity contribution in [3.05, 3.63) is 52.9 Å². The molecule has 1 aromatic heterocycles. The van der Waals surface area contributed by atoms with E-state index >= 15 is 0 Å². The molecule has 0 saturated carbocycles. The van der Waals surface area contributed by atoms with Gasteiger partial charge in [0.2, 0.25) is 6.08 Å². The molecule has 0 amide bonds. The number of aryl methyl sites for hydroxylation is 2. The van der Waals surface area contributed by atoms with E-state index in [-0.39, 0.29) is 0 Å². The maximum atomic E-state index is 10.1. The van der Waals surface area contributed by atoms with Crippen LogP contribution in [0.15, 0.2) is 46.8 Å². The van der Waals surface area contributed by atoms with Crippen LogP contribution in [0.25, 0.3) is 0 Å². The molecule has 0 unspecified atom stereocenters. The van der Waals surface area contributed by atoms with Crippen molar-refractivity contribution < 1.29 is 4.79 Å². The van der Waals surface area contributed by atoms with Gasteiger partial charge in [-0.15, -0.1) is 11.3 Å². The molecule has 0 atom stereocenters. The molecule has 0 radical (unpaired) electrons. The zero-order chi connectivity index (χ0) is 11.2. The molecule has 0 spiro atoms. The van der Waals surface area contributed by atoms with Crippen molar-refractivity contribution in [3.8, 4) is 0 Å². The van der Waals surface area contributed by atoms with Crippen molar-refractivity contribution in [2.24, 2.45) is 4.99 Å². The van der Waals surface area contributed by atoms with E-state index in [2.05, 4.69) is 17.1 Å². The lowest BCUT2D eigenvalue weighted by Gasteiger charge is -1.98. The Kier molecular flexibility index (Phi) is 3.65. The van der Waals surface area contributed by atoms with Gasteiger partial charge in [-0.25, -0.2) is 4.79 Å². The molecule has 0 aliphatic rings. The second kappa shape index (κ2) is 5.40. The van der Waals surface area contributed by atoms with E-state index < -0.39 is 0 Å².